The fourth-order valence-corrected chi connectivity index (χ4v) is 5.82. The largest absolute Gasteiger partial charge is 0.467 e. The quantitative estimate of drug-likeness (QED) is 0.325. The van der Waals surface area contributed by atoms with E-state index in [1.165, 1.54) is 19.4 Å². The number of likely N-dealkylation sites (tertiary alicyclic amines) is 2. The molecule has 6 rings (SSSR count). The van der Waals surface area contributed by atoms with Crippen molar-refractivity contribution in [3.63, 3.8) is 0 Å². The van der Waals surface area contributed by atoms with Gasteiger partial charge in [-0.15, -0.1) is 0 Å². The normalized spacial score (nSPS) is 18.7. The number of amides is 1. The Hall–Kier alpha value is -4.19. The lowest BCUT2D eigenvalue weighted by atomic mass is 10.1. The molecule has 2 aliphatic rings. The zero-order valence-electron chi connectivity index (χ0n) is 24.3. The van der Waals surface area contributed by atoms with Gasteiger partial charge < -0.3 is 18.9 Å². The van der Waals surface area contributed by atoms with Crippen LogP contribution in [0.15, 0.2) is 36.7 Å². The number of ether oxygens (including phenoxy) is 2. The van der Waals surface area contributed by atoms with Crippen molar-refractivity contribution in [2.75, 3.05) is 20.2 Å². The number of aromatic nitrogens is 5. The molecule has 0 saturated carbocycles. The van der Waals surface area contributed by atoms with Gasteiger partial charge in [0.15, 0.2) is 5.65 Å². The van der Waals surface area contributed by atoms with Gasteiger partial charge in [0, 0.05) is 49.0 Å². The van der Waals surface area contributed by atoms with E-state index in [0.717, 1.165) is 24.7 Å². The number of imidazole rings is 1. The maximum absolute atomic E-state index is 15.6. The van der Waals surface area contributed by atoms with Crippen molar-refractivity contribution < 1.29 is 23.0 Å². The number of fused-ring (bicyclic) bond motifs is 3. The zero-order chi connectivity index (χ0) is 29.8. The van der Waals surface area contributed by atoms with Gasteiger partial charge in [-0.25, -0.2) is 18.6 Å². The molecule has 2 fully saturated rings. The van der Waals surface area contributed by atoms with Crippen LogP contribution in [0.2, 0.25) is 0 Å². The van der Waals surface area contributed by atoms with Crippen LogP contribution in [0.25, 0.3) is 22.6 Å². The van der Waals surface area contributed by atoms with E-state index in [4.69, 9.17) is 9.47 Å². The molecule has 220 valence electrons. The average Bonchev–Trinajstić information content (AvgIpc) is 3.62. The molecule has 1 amide bonds. The van der Waals surface area contributed by atoms with E-state index in [-0.39, 0.29) is 36.5 Å². The summed E-state index contributed by atoms with van der Waals surface area (Å²) in [4.78, 5) is 34.1. The summed E-state index contributed by atoms with van der Waals surface area (Å²) in [6.07, 6.45) is 3.23. The van der Waals surface area contributed by atoms with Gasteiger partial charge >= 0.3 is 12.1 Å². The number of piperazine rings is 1. The fraction of sp³-hybridized carbons (Fsp3) is 0.433. The third kappa shape index (κ3) is 5.38. The highest BCUT2D eigenvalue weighted by molar-refractivity contribution is 5.79. The first-order chi connectivity index (χ1) is 20.0. The summed E-state index contributed by atoms with van der Waals surface area (Å²) in [7, 11) is 1.47. The third-order valence-corrected chi connectivity index (χ3v) is 7.71. The number of carbonyl (C=O) groups excluding carboxylic acids is 1. The van der Waals surface area contributed by atoms with Gasteiger partial charge in [-0.2, -0.15) is 9.97 Å². The molecule has 2 atom stereocenters. The number of hydrogen-bond donors (Lipinski definition) is 0. The summed E-state index contributed by atoms with van der Waals surface area (Å²) < 4.78 is 42.2. The van der Waals surface area contributed by atoms with E-state index in [1.807, 2.05) is 31.7 Å². The highest BCUT2D eigenvalue weighted by Gasteiger charge is 2.46. The van der Waals surface area contributed by atoms with Crippen molar-refractivity contribution in [1.82, 2.24) is 34.3 Å². The van der Waals surface area contributed by atoms with Gasteiger partial charge in [0.2, 0.25) is 0 Å². The second-order valence-corrected chi connectivity index (χ2v) is 11.9. The minimum atomic E-state index is -0.534. The highest BCUT2D eigenvalue weighted by atomic mass is 19.1. The Bertz CT molecular complexity index is 1670. The monoisotopic (exact) mass is 577 g/mol. The summed E-state index contributed by atoms with van der Waals surface area (Å²) >= 11 is 0. The second kappa shape index (κ2) is 10.6. The van der Waals surface area contributed by atoms with Crippen molar-refractivity contribution in [3.05, 3.63) is 65.1 Å². The number of halogens is 2. The Balaban J connectivity index is 1.23. The van der Waals surface area contributed by atoms with Crippen molar-refractivity contribution in [2.45, 2.75) is 64.9 Å². The molecule has 2 aliphatic heterocycles. The summed E-state index contributed by atoms with van der Waals surface area (Å²) in [6.45, 7) is 9.39. The van der Waals surface area contributed by atoms with Crippen molar-refractivity contribution in [3.8, 4) is 17.4 Å². The molecule has 5 heterocycles. The summed E-state index contributed by atoms with van der Waals surface area (Å²) in [6, 6.07) is 7.03. The lowest BCUT2D eigenvalue weighted by Gasteiger charge is -2.35. The van der Waals surface area contributed by atoms with E-state index in [1.54, 1.807) is 23.6 Å². The Labute approximate surface area is 242 Å². The number of aryl methyl sites for hydroxylation is 1. The van der Waals surface area contributed by atoms with Crippen molar-refractivity contribution in [1.29, 1.82) is 0 Å². The minimum absolute atomic E-state index is 0.0988. The molecular formula is C30H33F2N7O3. The van der Waals surface area contributed by atoms with Crippen LogP contribution in [0, 0.1) is 18.6 Å². The lowest BCUT2D eigenvalue weighted by Crippen LogP contribution is -2.49. The molecule has 42 heavy (non-hydrogen) atoms. The summed E-state index contributed by atoms with van der Waals surface area (Å²) in [5.41, 5.74) is 2.72. The summed E-state index contributed by atoms with van der Waals surface area (Å²) in [5.74, 6) is -0.476. The standard InChI is InChI=1S/C30H33F2N7O3/c1-17-25-27(36-28(34-17)41-5)39(26(35-25)20-9-21(31)12-33-11-20)14-19-7-6-18(8-24(19)32)13-37-15-23-10-22(37)16-38(23)29(40)42-30(2,3)4/h6-9,11-12,22-23H,10,13-16H2,1-5H3/t22?,23-/m0/s1. The van der Waals surface area contributed by atoms with Crippen molar-refractivity contribution in [2.24, 2.45) is 0 Å². The fourth-order valence-electron chi connectivity index (χ4n) is 5.82. The van der Waals surface area contributed by atoms with Gasteiger partial charge in [0.1, 0.15) is 28.6 Å². The maximum atomic E-state index is 15.6. The molecule has 0 spiro atoms. The predicted molar refractivity (Wildman–Crippen MR) is 151 cm³/mol. The number of hydrogen-bond acceptors (Lipinski definition) is 8. The van der Waals surface area contributed by atoms with Crippen molar-refractivity contribution >= 4 is 17.3 Å². The number of benzene rings is 1. The molecule has 0 aliphatic carbocycles. The summed E-state index contributed by atoms with van der Waals surface area (Å²) in [5, 5.41) is 0. The van der Waals surface area contributed by atoms with Crippen LogP contribution in [-0.4, -0.2) is 78.3 Å². The van der Waals surface area contributed by atoms with Crippen LogP contribution in [0.4, 0.5) is 13.6 Å². The molecule has 3 aromatic heterocycles. The molecule has 1 unspecified atom stereocenters. The topological polar surface area (TPSA) is 98.5 Å². The second-order valence-electron chi connectivity index (χ2n) is 11.9. The Morgan fingerprint density at radius 1 is 1.05 bits per heavy atom. The first kappa shape index (κ1) is 28.0. The van der Waals surface area contributed by atoms with Gasteiger partial charge in [0.25, 0.3) is 0 Å². The van der Waals surface area contributed by atoms with Gasteiger partial charge in [-0.1, -0.05) is 12.1 Å². The molecule has 2 bridgehead atoms. The Morgan fingerprint density at radius 2 is 1.86 bits per heavy atom. The first-order valence-corrected chi connectivity index (χ1v) is 13.9. The average molecular weight is 578 g/mol. The molecule has 10 nitrogen and oxygen atoms in total. The van der Waals surface area contributed by atoms with E-state index in [9.17, 15) is 9.18 Å². The molecule has 12 heteroatoms. The number of rotatable bonds is 6. The molecule has 1 aromatic carbocycles. The smallest absolute Gasteiger partial charge is 0.410 e. The van der Waals surface area contributed by atoms with Gasteiger partial charge in [-0.05, 0) is 51.8 Å². The van der Waals surface area contributed by atoms with Crippen LogP contribution in [0.3, 0.4) is 0 Å². The van der Waals surface area contributed by atoms with Gasteiger partial charge in [0.05, 0.1) is 25.5 Å². The zero-order valence-corrected chi connectivity index (χ0v) is 24.3. The lowest BCUT2D eigenvalue weighted by molar-refractivity contribution is 0.0124. The third-order valence-electron chi connectivity index (χ3n) is 7.71. The molecular weight excluding hydrogens is 544 g/mol. The highest BCUT2D eigenvalue weighted by Crippen LogP contribution is 2.33. The Kier molecular flexibility index (Phi) is 7.04. The molecule has 0 radical (unpaired) electrons. The molecule has 0 N–H and O–H groups in total. The number of methoxy groups -OCH3 is 1. The maximum Gasteiger partial charge on any atom is 0.410 e. The van der Waals surface area contributed by atoms with E-state index in [2.05, 4.69) is 24.8 Å². The number of carbonyl (C=O) groups is 1. The van der Waals surface area contributed by atoms with Gasteiger partial charge in [-0.3, -0.25) is 9.88 Å². The van der Waals surface area contributed by atoms with Crippen LogP contribution in [0.5, 0.6) is 6.01 Å². The first-order valence-electron chi connectivity index (χ1n) is 13.9. The Morgan fingerprint density at radius 3 is 2.52 bits per heavy atom. The van der Waals surface area contributed by atoms with Crippen LogP contribution in [0.1, 0.15) is 44.0 Å². The molecule has 4 aromatic rings. The SMILES string of the molecule is COc1nc(C)c2nc(-c3cncc(F)c3)n(Cc3ccc(CN4C[C@@H]5CC4CN5C(=O)OC(C)(C)C)cc3F)c2n1. The van der Waals surface area contributed by atoms with E-state index in [0.29, 0.717) is 46.9 Å². The van der Waals surface area contributed by atoms with E-state index >= 15 is 4.39 Å². The number of pyridine rings is 1. The van der Waals surface area contributed by atoms with E-state index < -0.39 is 11.4 Å². The van der Waals surface area contributed by atoms with Crippen LogP contribution < -0.4 is 4.74 Å². The number of nitrogens with zero attached hydrogens (tertiary/aromatic N) is 7. The predicted octanol–water partition coefficient (Wildman–Crippen LogP) is 4.73. The van der Waals surface area contributed by atoms with Crippen LogP contribution in [-0.2, 0) is 17.8 Å². The molecule has 2 saturated heterocycles. The van der Waals surface area contributed by atoms with Crippen LogP contribution >= 0.6 is 0 Å². The minimum Gasteiger partial charge on any atom is -0.467 e.